The second-order valence-corrected chi connectivity index (χ2v) is 9.00. The third-order valence-electron chi connectivity index (χ3n) is 6.46. The molecule has 9 nitrogen and oxygen atoms in total. The lowest BCUT2D eigenvalue weighted by Gasteiger charge is -2.08. The number of hydrogen-bond acceptors (Lipinski definition) is 6. The lowest BCUT2D eigenvalue weighted by molar-refractivity contribution is -0.117. The van der Waals surface area contributed by atoms with E-state index in [0.717, 1.165) is 18.4 Å². The van der Waals surface area contributed by atoms with Crippen molar-refractivity contribution < 1.29 is 9.18 Å². The van der Waals surface area contributed by atoms with Crippen LogP contribution in [0.25, 0.3) is 56.0 Å². The van der Waals surface area contributed by atoms with Crippen molar-refractivity contribution in [2.45, 2.75) is 12.8 Å². The van der Waals surface area contributed by atoms with Crippen LogP contribution in [0.2, 0.25) is 0 Å². The smallest absolute Gasteiger partial charge is 0.227 e. The summed E-state index contributed by atoms with van der Waals surface area (Å²) in [4.78, 5) is 33.2. The van der Waals surface area contributed by atoms with Gasteiger partial charge in [0.2, 0.25) is 5.91 Å². The topological polar surface area (TPSA) is 125 Å². The van der Waals surface area contributed by atoms with Crippen molar-refractivity contribution in [3.63, 3.8) is 0 Å². The van der Waals surface area contributed by atoms with Crippen molar-refractivity contribution in [3.8, 4) is 34.0 Å². The predicted octanol–water partition coefficient (Wildman–Crippen LogP) is 5.11. The van der Waals surface area contributed by atoms with Gasteiger partial charge in [-0.3, -0.25) is 24.8 Å². The van der Waals surface area contributed by atoms with Crippen molar-refractivity contribution in [1.82, 2.24) is 35.1 Å². The third-order valence-corrected chi connectivity index (χ3v) is 6.46. The van der Waals surface area contributed by atoms with Crippen LogP contribution in [0.4, 0.5) is 10.1 Å². The average Bonchev–Trinajstić information content (AvgIpc) is 3.54. The highest BCUT2D eigenvalue weighted by atomic mass is 19.1. The number of carbonyl (C=O) groups excluding carboxylic acids is 1. The molecule has 7 rings (SSSR count). The molecule has 1 amide bonds. The molecule has 1 aliphatic carbocycles. The molecule has 0 aliphatic heterocycles. The Labute approximate surface area is 209 Å². The van der Waals surface area contributed by atoms with Crippen LogP contribution in [0.15, 0.2) is 67.3 Å². The molecular weight excluding hydrogens is 471 g/mol. The highest BCUT2D eigenvalue weighted by Crippen LogP contribution is 2.35. The summed E-state index contributed by atoms with van der Waals surface area (Å²) in [6, 6.07) is 12.6. The van der Waals surface area contributed by atoms with Crippen LogP contribution in [-0.4, -0.2) is 41.0 Å². The lowest BCUT2D eigenvalue weighted by atomic mass is 10.0. The molecule has 0 radical (unpaired) electrons. The van der Waals surface area contributed by atoms with Crippen LogP contribution in [0.1, 0.15) is 12.8 Å². The number of rotatable bonds is 5. The minimum Gasteiger partial charge on any atom is -0.336 e. The zero-order valence-corrected chi connectivity index (χ0v) is 19.4. The largest absolute Gasteiger partial charge is 0.336 e. The summed E-state index contributed by atoms with van der Waals surface area (Å²) in [5.74, 6) is -0.0258. The average molecular weight is 491 g/mol. The van der Waals surface area contributed by atoms with E-state index in [1.807, 2.05) is 24.3 Å². The molecule has 1 fully saturated rings. The van der Waals surface area contributed by atoms with Gasteiger partial charge < -0.3 is 10.3 Å². The van der Waals surface area contributed by atoms with Gasteiger partial charge in [-0.15, -0.1) is 0 Å². The maximum absolute atomic E-state index is 16.0. The van der Waals surface area contributed by atoms with Crippen molar-refractivity contribution in [1.29, 1.82) is 0 Å². The molecule has 5 aromatic heterocycles. The lowest BCUT2D eigenvalue weighted by Crippen LogP contribution is -2.13. The first kappa shape index (κ1) is 21.3. The van der Waals surface area contributed by atoms with Crippen molar-refractivity contribution in [2.75, 3.05) is 5.32 Å². The number of nitrogens with one attached hydrogen (secondary N) is 3. The number of amides is 1. The number of nitrogens with zero attached hydrogens (tertiary/aromatic N) is 5. The monoisotopic (exact) mass is 490 g/mol. The molecule has 6 aromatic rings. The normalized spacial score (nSPS) is 13.3. The number of aromatic nitrogens is 7. The number of H-pyrrole nitrogens is 2. The molecule has 1 saturated carbocycles. The van der Waals surface area contributed by atoms with E-state index in [1.54, 1.807) is 43.0 Å². The Kier molecular flexibility index (Phi) is 4.78. The molecule has 37 heavy (non-hydrogen) atoms. The summed E-state index contributed by atoms with van der Waals surface area (Å²) in [7, 11) is 0. The van der Waals surface area contributed by atoms with E-state index in [1.165, 1.54) is 0 Å². The van der Waals surface area contributed by atoms with Crippen molar-refractivity contribution in [2.24, 2.45) is 5.92 Å². The van der Waals surface area contributed by atoms with Crippen LogP contribution >= 0.6 is 0 Å². The number of carbonyl (C=O) groups is 1. The summed E-state index contributed by atoms with van der Waals surface area (Å²) >= 11 is 0. The predicted molar refractivity (Wildman–Crippen MR) is 137 cm³/mol. The molecule has 0 saturated heterocycles. The molecule has 10 heteroatoms. The first-order valence-electron chi connectivity index (χ1n) is 11.8. The summed E-state index contributed by atoms with van der Waals surface area (Å²) < 4.78 is 16.0. The molecule has 0 spiro atoms. The Morgan fingerprint density at radius 3 is 2.76 bits per heavy atom. The highest BCUT2D eigenvalue weighted by Gasteiger charge is 2.29. The summed E-state index contributed by atoms with van der Waals surface area (Å²) in [6.07, 6.45) is 8.30. The standard InChI is InChI=1S/C27H19FN8O/c28-22-17(15-11-16(13-29-12-15)32-27(37)14-4-5-14)6-7-18-21(22)25(36-35-18)26-33-20-8-10-31-23(24(20)34-26)19-3-1-2-9-30-19/h1-3,6-14H,4-5H2,(H,32,37)(H,33,34)(H,35,36). The Bertz CT molecular complexity index is 1810. The van der Waals surface area contributed by atoms with Gasteiger partial charge >= 0.3 is 0 Å². The molecule has 0 atom stereocenters. The second-order valence-electron chi connectivity index (χ2n) is 9.00. The molecule has 180 valence electrons. The third kappa shape index (κ3) is 3.70. The van der Waals surface area contributed by atoms with Gasteiger partial charge in [0.15, 0.2) is 5.82 Å². The van der Waals surface area contributed by atoms with Gasteiger partial charge in [0, 0.05) is 35.6 Å². The Hall–Kier alpha value is -4.99. The van der Waals surface area contributed by atoms with Gasteiger partial charge in [0.1, 0.15) is 22.7 Å². The van der Waals surface area contributed by atoms with Gasteiger partial charge in [-0.1, -0.05) is 6.07 Å². The Balaban J connectivity index is 1.32. The number of halogens is 1. The van der Waals surface area contributed by atoms with Gasteiger partial charge in [-0.2, -0.15) is 5.10 Å². The molecule has 1 aliphatic rings. The number of fused-ring (bicyclic) bond motifs is 2. The van der Waals surface area contributed by atoms with Crippen LogP contribution in [0.5, 0.6) is 0 Å². The molecule has 3 N–H and O–H groups in total. The fraction of sp³-hybridized carbons (Fsp3) is 0.111. The zero-order chi connectivity index (χ0) is 24.9. The van der Waals surface area contributed by atoms with E-state index in [0.29, 0.717) is 56.1 Å². The molecule has 1 aromatic carbocycles. The number of benzene rings is 1. The number of hydrogen-bond donors (Lipinski definition) is 3. The minimum absolute atomic E-state index is 0.0311. The summed E-state index contributed by atoms with van der Waals surface area (Å²) in [5.41, 5.74) is 4.98. The quantitative estimate of drug-likeness (QED) is 0.308. The van der Waals surface area contributed by atoms with E-state index < -0.39 is 5.82 Å². The molecular formula is C27H19FN8O. The maximum Gasteiger partial charge on any atom is 0.227 e. The number of pyridine rings is 3. The fourth-order valence-electron chi connectivity index (χ4n) is 4.45. The van der Waals surface area contributed by atoms with Gasteiger partial charge in [0.25, 0.3) is 0 Å². The van der Waals surface area contributed by atoms with Gasteiger partial charge in [0.05, 0.1) is 34.0 Å². The van der Waals surface area contributed by atoms with Crippen molar-refractivity contribution >= 4 is 33.5 Å². The van der Waals surface area contributed by atoms with Gasteiger partial charge in [-0.05, 0) is 49.2 Å². The minimum atomic E-state index is -0.461. The van der Waals surface area contributed by atoms with E-state index in [2.05, 4.69) is 35.5 Å². The first-order chi connectivity index (χ1) is 18.2. The molecule has 0 unspecified atom stereocenters. The van der Waals surface area contributed by atoms with Crippen LogP contribution in [-0.2, 0) is 4.79 Å². The van der Waals surface area contributed by atoms with Crippen molar-refractivity contribution in [3.05, 3.63) is 73.1 Å². The summed E-state index contributed by atoms with van der Waals surface area (Å²) in [6.45, 7) is 0. The molecule has 0 bridgehead atoms. The first-order valence-corrected chi connectivity index (χ1v) is 11.8. The fourth-order valence-corrected chi connectivity index (χ4v) is 4.45. The van der Waals surface area contributed by atoms with Gasteiger partial charge in [-0.25, -0.2) is 9.37 Å². The number of anilines is 1. The highest BCUT2D eigenvalue weighted by molar-refractivity contribution is 5.98. The van der Waals surface area contributed by atoms with Crippen LogP contribution in [0, 0.1) is 11.7 Å². The Morgan fingerprint density at radius 2 is 1.92 bits per heavy atom. The number of aromatic amines is 2. The zero-order valence-electron chi connectivity index (χ0n) is 19.4. The van der Waals surface area contributed by atoms with E-state index >= 15 is 4.39 Å². The van der Waals surface area contributed by atoms with Crippen LogP contribution in [0.3, 0.4) is 0 Å². The number of imidazole rings is 1. The van der Waals surface area contributed by atoms with E-state index in [-0.39, 0.29) is 11.8 Å². The second kappa shape index (κ2) is 8.30. The molecule has 5 heterocycles. The summed E-state index contributed by atoms with van der Waals surface area (Å²) in [5, 5.41) is 10.4. The maximum atomic E-state index is 16.0. The SMILES string of the molecule is O=C(Nc1cncc(-c2ccc3[nH]nc(-c4nc5c(-c6ccccn6)nccc5[nH]4)c3c2F)c1)C1CC1. The van der Waals surface area contributed by atoms with Crippen LogP contribution < -0.4 is 5.32 Å². The van der Waals surface area contributed by atoms with E-state index in [9.17, 15) is 4.79 Å². The van der Waals surface area contributed by atoms with E-state index in [4.69, 9.17) is 4.98 Å². The Morgan fingerprint density at radius 1 is 1.00 bits per heavy atom.